The van der Waals surface area contributed by atoms with Crippen molar-refractivity contribution in [3.8, 4) is 0 Å². The molecular formula is C18H35NO3S. The maximum absolute atomic E-state index is 11.9. The highest BCUT2D eigenvalue weighted by Crippen LogP contribution is 2.29. The number of ether oxygens (including phenoxy) is 1. The highest BCUT2D eigenvalue weighted by Gasteiger charge is 2.26. The molecule has 0 saturated heterocycles. The second-order valence-electron chi connectivity index (χ2n) is 8.09. The molecule has 4 nitrogen and oxygen atoms in total. The lowest BCUT2D eigenvalue weighted by Gasteiger charge is -2.30. The molecule has 1 amide bonds. The van der Waals surface area contributed by atoms with Crippen LogP contribution in [0.3, 0.4) is 0 Å². The number of thioether (sulfide) groups is 1. The van der Waals surface area contributed by atoms with E-state index in [0.717, 1.165) is 37.9 Å². The molecule has 0 aromatic carbocycles. The highest BCUT2D eigenvalue weighted by atomic mass is 32.2. The minimum absolute atomic E-state index is 0.198. The summed E-state index contributed by atoms with van der Waals surface area (Å²) in [5, 5.41) is 13.6. The van der Waals surface area contributed by atoms with Gasteiger partial charge in [0, 0.05) is 17.0 Å². The van der Waals surface area contributed by atoms with Crippen LogP contribution in [0, 0.1) is 5.92 Å². The molecule has 0 radical (unpaired) electrons. The van der Waals surface area contributed by atoms with Crippen molar-refractivity contribution in [1.82, 2.24) is 5.32 Å². The minimum Gasteiger partial charge on any atom is -0.444 e. The summed E-state index contributed by atoms with van der Waals surface area (Å²) in [6.45, 7) is 10.0. The van der Waals surface area contributed by atoms with E-state index in [1.807, 2.05) is 32.5 Å². The molecule has 1 aliphatic carbocycles. The zero-order valence-corrected chi connectivity index (χ0v) is 16.2. The Morgan fingerprint density at radius 1 is 1.30 bits per heavy atom. The minimum atomic E-state index is -0.451. The molecule has 1 rings (SSSR count). The van der Waals surface area contributed by atoms with E-state index >= 15 is 0 Å². The van der Waals surface area contributed by atoms with E-state index in [2.05, 4.69) is 19.2 Å². The van der Waals surface area contributed by atoms with Crippen LogP contribution >= 0.6 is 11.8 Å². The molecule has 1 aliphatic rings. The van der Waals surface area contributed by atoms with E-state index in [-0.39, 0.29) is 18.2 Å². The van der Waals surface area contributed by atoms with Crippen LogP contribution in [-0.4, -0.2) is 39.9 Å². The molecule has 136 valence electrons. The predicted octanol–water partition coefficient (Wildman–Crippen LogP) is 4.35. The third-order valence-corrected chi connectivity index (χ3v) is 5.43. The van der Waals surface area contributed by atoms with Gasteiger partial charge in [0.05, 0.1) is 6.10 Å². The summed E-state index contributed by atoms with van der Waals surface area (Å²) >= 11 is 1.86. The second kappa shape index (κ2) is 9.77. The van der Waals surface area contributed by atoms with Crippen LogP contribution in [0.1, 0.15) is 73.1 Å². The summed E-state index contributed by atoms with van der Waals surface area (Å²) in [6, 6.07) is 0.198. The van der Waals surface area contributed by atoms with Crippen molar-refractivity contribution in [3.63, 3.8) is 0 Å². The molecule has 0 bridgehead atoms. The van der Waals surface area contributed by atoms with Crippen LogP contribution < -0.4 is 5.32 Å². The Morgan fingerprint density at radius 3 is 2.61 bits per heavy atom. The van der Waals surface area contributed by atoms with Gasteiger partial charge in [-0.15, -0.1) is 0 Å². The normalized spacial score (nSPS) is 23.6. The standard InChI is InChI=1S/C18H35NO3S/c1-13(2)9-10-15(20)12-23-16-8-6-7-14(11-16)19-17(21)22-18(3,4)5/h13-16,20H,6-12H2,1-5H3,(H,19,21). The molecule has 0 spiro atoms. The molecule has 5 heteroatoms. The first-order valence-electron chi connectivity index (χ1n) is 8.95. The van der Waals surface area contributed by atoms with Gasteiger partial charge < -0.3 is 15.2 Å². The number of aliphatic hydroxyl groups is 1. The van der Waals surface area contributed by atoms with Gasteiger partial charge in [-0.2, -0.15) is 11.8 Å². The van der Waals surface area contributed by atoms with E-state index in [9.17, 15) is 9.90 Å². The summed E-state index contributed by atoms with van der Waals surface area (Å²) in [5.41, 5.74) is -0.451. The number of rotatable bonds is 7. The lowest BCUT2D eigenvalue weighted by atomic mass is 9.95. The molecular weight excluding hydrogens is 310 g/mol. The number of amides is 1. The number of aliphatic hydroxyl groups excluding tert-OH is 1. The average molecular weight is 346 g/mol. The van der Waals surface area contributed by atoms with Crippen molar-refractivity contribution in [2.45, 2.75) is 96.1 Å². The smallest absolute Gasteiger partial charge is 0.407 e. The predicted molar refractivity (Wildman–Crippen MR) is 98.0 cm³/mol. The van der Waals surface area contributed by atoms with E-state index < -0.39 is 5.60 Å². The Balaban J connectivity index is 2.27. The molecule has 1 saturated carbocycles. The van der Waals surface area contributed by atoms with Crippen LogP contribution in [-0.2, 0) is 4.74 Å². The first kappa shape index (κ1) is 20.6. The zero-order valence-electron chi connectivity index (χ0n) is 15.4. The van der Waals surface area contributed by atoms with Crippen molar-refractivity contribution in [3.05, 3.63) is 0 Å². The van der Waals surface area contributed by atoms with Gasteiger partial charge in [-0.3, -0.25) is 0 Å². The Morgan fingerprint density at radius 2 is 2.00 bits per heavy atom. The Kier molecular flexibility index (Phi) is 8.76. The van der Waals surface area contributed by atoms with E-state index in [1.54, 1.807) is 0 Å². The maximum Gasteiger partial charge on any atom is 0.407 e. The number of carbonyl (C=O) groups is 1. The van der Waals surface area contributed by atoms with Crippen LogP contribution in [0.5, 0.6) is 0 Å². The zero-order chi connectivity index (χ0) is 17.5. The lowest BCUT2D eigenvalue weighted by Crippen LogP contribution is -2.42. The first-order valence-corrected chi connectivity index (χ1v) is 9.99. The number of nitrogens with one attached hydrogen (secondary N) is 1. The number of carbonyl (C=O) groups excluding carboxylic acids is 1. The van der Waals surface area contributed by atoms with Crippen LogP contribution in [0.15, 0.2) is 0 Å². The number of hydrogen-bond donors (Lipinski definition) is 2. The fraction of sp³-hybridized carbons (Fsp3) is 0.944. The molecule has 0 aromatic heterocycles. The average Bonchev–Trinajstić information content (AvgIpc) is 2.41. The van der Waals surface area contributed by atoms with Gasteiger partial charge in [-0.25, -0.2) is 4.79 Å². The van der Waals surface area contributed by atoms with E-state index in [1.165, 1.54) is 6.42 Å². The first-order chi connectivity index (χ1) is 10.7. The third kappa shape index (κ3) is 10.1. The van der Waals surface area contributed by atoms with Gasteiger partial charge in [-0.1, -0.05) is 20.3 Å². The largest absolute Gasteiger partial charge is 0.444 e. The topological polar surface area (TPSA) is 58.6 Å². The van der Waals surface area contributed by atoms with Gasteiger partial charge in [-0.05, 0) is 58.8 Å². The molecule has 3 unspecified atom stereocenters. The van der Waals surface area contributed by atoms with Crippen molar-refractivity contribution in [2.75, 3.05) is 5.75 Å². The van der Waals surface area contributed by atoms with Crippen molar-refractivity contribution in [1.29, 1.82) is 0 Å². The quantitative estimate of drug-likeness (QED) is 0.720. The van der Waals surface area contributed by atoms with Crippen LogP contribution in [0.25, 0.3) is 0 Å². The summed E-state index contributed by atoms with van der Waals surface area (Å²) in [6.07, 6.45) is 5.74. The number of alkyl carbamates (subject to hydrolysis) is 1. The lowest BCUT2D eigenvalue weighted by molar-refractivity contribution is 0.0494. The molecule has 0 aliphatic heterocycles. The molecule has 0 heterocycles. The Labute approximate surface area is 146 Å². The van der Waals surface area contributed by atoms with E-state index in [4.69, 9.17) is 4.74 Å². The highest BCUT2D eigenvalue weighted by molar-refractivity contribution is 7.99. The molecule has 3 atom stereocenters. The van der Waals surface area contributed by atoms with Crippen molar-refractivity contribution < 1.29 is 14.6 Å². The fourth-order valence-electron chi connectivity index (χ4n) is 2.76. The molecule has 23 heavy (non-hydrogen) atoms. The second-order valence-corrected chi connectivity index (χ2v) is 9.42. The van der Waals surface area contributed by atoms with Crippen LogP contribution in [0.2, 0.25) is 0 Å². The summed E-state index contributed by atoms with van der Waals surface area (Å²) in [4.78, 5) is 11.9. The fourth-order valence-corrected chi connectivity index (χ4v) is 4.12. The van der Waals surface area contributed by atoms with Crippen LogP contribution in [0.4, 0.5) is 4.79 Å². The SMILES string of the molecule is CC(C)CCC(O)CSC1CCCC(NC(=O)OC(C)(C)C)C1. The van der Waals surface area contributed by atoms with Crippen molar-refractivity contribution in [2.24, 2.45) is 5.92 Å². The molecule has 2 N–H and O–H groups in total. The summed E-state index contributed by atoms with van der Waals surface area (Å²) in [5.74, 6) is 1.45. The number of hydrogen-bond acceptors (Lipinski definition) is 4. The summed E-state index contributed by atoms with van der Waals surface area (Å²) in [7, 11) is 0. The summed E-state index contributed by atoms with van der Waals surface area (Å²) < 4.78 is 5.33. The maximum atomic E-state index is 11.9. The Bertz CT molecular complexity index is 355. The van der Waals surface area contributed by atoms with Gasteiger partial charge in [0.1, 0.15) is 5.60 Å². The van der Waals surface area contributed by atoms with Gasteiger partial charge in [0.25, 0.3) is 0 Å². The van der Waals surface area contributed by atoms with Gasteiger partial charge >= 0.3 is 6.09 Å². The van der Waals surface area contributed by atoms with Gasteiger partial charge in [0.15, 0.2) is 0 Å². The monoisotopic (exact) mass is 345 g/mol. The van der Waals surface area contributed by atoms with Crippen molar-refractivity contribution >= 4 is 17.9 Å². The van der Waals surface area contributed by atoms with Gasteiger partial charge in [0.2, 0.25) is 0 Å². The Hall–Kier alpha value is -0.420. The molecule has 1 fully saturated rings. The molecule has 0 aromatic rings. The van der Waals surface area contributed by atoms with E-state index in [0.29, 0.717) is 11.2 Å². The third-order valence-electron chi connectivity index (χ3n) is 3.95.